The Morgan fingerprint density at radius 3 is 2.50 bits per heavy atom. The largest absolute Gasteiger partial charge is 0.145 e. The second-order valence-corrected chi connectivity index (χ2v) is 6.18. The van der Waals surface area contributed by atoms with Crippen LogP contribution in [-0.4, -0.2) is 7.85 Å². The molecule has 1 unspecified atom stereocenters. The fourth-order valence-corrected chi connectivity index (χ4v) is 3.76. The first-order valence-electron chi connectivity index (χ1n) is 6.36. The lowest BCUT2D eigenvalue weighted by atomic mass is 9.66. The van der Waals surface area contributed by atoms with Gasteiger partial charge in [-0.2, -0.15) is 0 Å². The molecule has 2 heteroatoms. The highest BCUT2D eigenvalue weighted by molar-refractivity contribution is 7.12. The van der Waals surface area contributed by atoms with E-state index in [0.29, 0.717) is 0 Å². The molecule has 0 spiro atoms. The Balaban J connectivity index is 0.000000606. The van der Waals surface area contributed by atoms with Gasteiger partial charge in [-0.15, -0.1) is 11.3 Å². The van der Waals surface area contributed by atoms with Gasteiger partial charge in [0.15, 0.2) is 0 Å². The normalized spacial score (nSPS) is 24.1. The van der Waals surface area contributed by atoms with Crippen LogP contribution in [0.15, 0.2) is 0 Å². The summed E-state index contributed by atoms with van der Waals surface area (Å²) < 4.78 is 0. The standard InChI is InChI=1S/C12H17BS.C2H6/c1-8-9(2)14-11-7-12(3,13)6-4-5-10(8)11;1-2/h4-7H2,1-3H3;1-2H3. The molecule has 2 rings (SSSR count). The average Bonchev–Trinajstić information content (AvgIpc) is 2.41. The molecule has 1 aliphatic rings. The van der Waals surface area contributed by atoms with E-state index in [-0.39, 0.29) is 5.31 Å². The monoisotopic (exact) mass is 234 g/mol. The van der Waals surface area contributed by atoms with Crippen molar-refractivity contribution < 1.29 is 0 Å². The van der Waals surface area contributed by atoms with Crippen LogP contribution < -0.4 is 0 Å². The zero-order valence-electron chi connectivity index (χ0n) is 11.3. The van der Waals surface area contributed by atoms with E-state index in [9.17, 15) is 0 Å². The molecule has 0 aliphatic heterocycles. The molecule has 2 radical (unpaired) electrons. The number of rotatable bonds is 0. The Labute approximate surface area is 106 Å². The molecule has 0 saturated heterocycles. The third-order valence-electron chi connectivity index (χ3n) is 3.33. The number of hydrogen-bond donors (Lipinski definition) is 0. The van der Waals surface area contributed by atoms with Crippen LogP contribution in [0.25, 0.3) is 0 Å². The summed E-state index contributed by atoms with van der Waals surface area (Å²) in [7, 11) is 6.26. The van der Waals surface area contributed by atoms with Gasteiger partial charge in [-0.25, -0.2) is 0 Å². The van der Waals surface area contributed by atoms with Crippen molar-refractivity contribution in [3.8, 4) is 0 Å². The lowest BCUT2D eigenvalue weighted by Gasteiger charge is -2.21. The summed E-state index contributed by atoms with van der Waals surface area (Å²) in [6, 6.07) is 0. The highest BCUT2D eigenvalue weighted by atomic mass is 32.1. The molecule has 0 bridgehead atoms. The summed E-state index contributed by atoms with van der Waals surface area (Å²) >= 11 is 1.95. The third kappa shape index (κ3) is 2.91. The molecule has 0 nitrogen and oxygen atoms in total. The highest BCUT2D eigenvalue weighted by Crippen LogP contribution is 2.41. The molecule has 1 atom stereocenters. The van der Waals surface area contributed by atoms with Gasteiger partial charge in [0.05, 0.1) is 7.85 Å². The van der Waals surface area contributed by atoms with E-state index in [2.05, 4.69) is 20.8 Å². The molecule has 0 aromatic carbocycles. The van der Waals surface area contributed by atoms with Crippen LogP contribution in [0.3, 0.4) is 0 Å². The Kier molecular flexibility index (Phi) is 4.67. The maximum Gasteiger partial charge on any atom is 0.0747 e. The maximum atomic E-state index is 6.26. The second-order valence-electron chi connectivity index (χ2n) is 4.87. The second kappa shape index (κ2) is 5.40. The lowest BCUT2D eigenvalue weighted by molar-refractivity contribution is 0.553. The van der Waals surface area contributed by atoms with E-state index in [0.717, 1.165) is 12.8 Å². The van der Waals surface area contributed by atoms with Crippen molar-refractivity contribution in [2.45, 2.75) is 65.6 Å². The Morgan fingerprint density at radius 2 is 1.88 bits per heavy atom. The van der Waals surface area contributed by atoms with Gasteiger partial charge in [0, 0.05) is 9.75 Å². The van der Waals surface area contributed by atoms with Gasteiger partial charge >= 0.3 is 0 Å². The van der Waals surface area contributed by atoms with Crippen molar-refractivity contribution >= 4 is 19.2 Å². The van der Waals surface area contributed by atoms with Crippen LogP contribution in [0, 0.1) is 13.8 Å². The summed E-state index contributed by atoms with van der Waals surface area (Å²) in [5.74, 6) is 0. The minimum Gasteiger partial charge on any atom is -0.145 e. The van der Waals surface area contributed by atoms with E-state index in [1.54, 1.807) is 10.4 Å². The molecule has 0 amide bonds. The van der Waals surface area contributed by atoms with Gasteiger partial charge in [-0.3, -0.25) is 0 Å². The summed E-state index contributed by atoms with van der Waals surface area (Å²) in [5, 5.41) is 0.0228. The van der Waals surface area contributed by atoms with Gasteiger partial charge in [-0.05, 0) is 44.2 Å². The van der Waals surface area contributed by atoms with Gasteiger partial charge in [0.2, 0.25) is 0 Å². The van der Waals surface area contributed by atoms with E-state index in [1.165, 1.54) is 23.3 Å². The first-order valence-corrected chi connectivity index (χ1v) is 7.18. The fraction of sp³-hybridized carbons (Fsp3) is 0.714. The van der Waals surface area contributed by atoms with Crippen molar-refractivity contribution in [2.24, 2.45) is 0 Å². The predicted molar refractivity (Wildman–Crippen MR) is 75.9 cm³/mol. The zero-order chi connectivity index (χ0) is 12.3. The minimum atomic E-state index is 0.0228. The van der Waals surface area contributed by atoms with Crippen LogP contribution in [0.2, 0.25) is 5.31 Å². The molecule has 16 heavy (non-hydrogen) atoms. The first kappa shape index (κ1) is 13.8. The average molecular weight is 234 g/mol. The molecular formula is C14H23BS. The van der Waals surface area contributed by atoms with Crippen molar-refractivity contribution in [3.05, 3.63) is 20.9 Å². The molecule has 1 aromatic rings. The molecule has 1 heterocycles. The van der Waals surface area contributed by atoms with E-state index in [1.807, 2.05) is 25.2 Å². The van der Waals surface area contributed by atoms with Crippen LogP contribution in [0.1, 0.15) is 54.5 Å². The molecule has 0 fully saturated rings. The molecule has 0 saturated carbocycles. The van der Waals surface area contributed by atoms with E-state index < -0.39 is 0 Å². The quantitative estimate of drug-likeness (QED) is 0.454. The van der Waals surface area contributed by atoms with Gasteiger partial charge < -0.3 is 0 Å². The fourth-order valence-electron chi connectivity index (χ4n) is 2.34. The number of aryl methyl sites for hydroxylation is 1. The highest BCUT2D eigenvalue weighted by Gasteiger charge is 2.25. The molecule has 0 N–H and O–H groups in total. The Bertz CT molecular complexity index is 350. The first-order chi connectivity index (χ1) is 7.49. The SMILES string of the molecule is CC.[B]C1(C)CCCc2c(sc(C)c2C)C1. The number of hydrogen-bond acceptors (Lipinski definition) is 1. The van der Waals surface area contributed by atoms with Gasteiger partial charge in [0.1, 0.15) is 0 Å². The molecule has 1 aliphatic carbocycles. The van der Waals surface area contributed by atoms with Crippen molar-refractivity contribution in [1.82, 2.24) is 0 Å². The topological polar surface area (TPSA) is 0 Å². The minimum absolute atomic E-state index is 0.0228. The van der Waals surface area contributed by atoms with Gasteiger partial charge in [0.25, 0.3) is 0 Å². The molecule has 1 aromatic heterocycles. The smallest absolute Gasteiger partial charge is 0.0747 e. The van der Waals surface area contributed by atoms with E-state index in [4.69, 9.17) is 7.85 Å². The Hall–Kier alpha value is -0.235. The molecular weight excluding hydrogens is 211 g/mol. The zero-order valence-corrected chi connectivity index (χ0v) is 12.1. The lowest BCUT2D eigenvalue weighted by Crippen LogP contribution is -2.09. The van der Waals surface area contributed by atoms with Crippen molar-refractivity contribution in [1.29, 1.82) is 0 Å². The van der Waals surface area contributed by atoms with Gasteiger partial charge in [-0.1, -0.05) is 32.5 Å². The van der Waals surface area contributed by atoms with Crippen molar-refractivity contribution in [3.63, 3.8) is 0 Å². The maximum absolute atomic E-state index is 6.26. The number of fused-ring (bicyclic) bond motifs is 1. The van der Waals surface area contributed by atoms with E-state index >= 15 is 0 Å². The van der Waals surface area contributed by atoms with Crippen LogP contribution in [0.4, 0.5) is 0 Å². The summed E-state index contributed by atoms with van der Waals surface area (Å²) in [4.78, 5) is 3.02. The summed E-state index contributed by atoms with van der Waals surface area (Å²) in [6.07, 6.45) is 4.71. The van der Waals surface area contributed by atoms with Crippen LogP contribution in [0.5, 0.6) is 0 Å². The van der Waals surface area contributed by atoms with Crippen LogP contribution >= 0.6 is 11.3 Å². The summed E-state index contributed by atoms with van der Waals surface area (Å²) in [6.45, 7) is 10.7. The summed E-state index contributed by atoms with van der Waals surface area (Å²) in [5.41, 5.74) is 3.12. The Morgan fingerprint density at radius 1 is 1.25 bits per heavy atom. The third-order valence-corrected chi connectivity index (χ3v) is 4.58. The molecule has 88 valence electrons. The van der Waals surface area contributed by atoms with Crippen LogP contribution in [-0.2, 0) is 12.8 Å². The predicted octanol–water partition coefficient (Wildman–Crippen LogP) is 4.62. The van der Waals surface area contributed by atoms with Crippen molar-refractivity contribution in [2.75, 3.05) is 0 Å². The number of thiophene rings is 1.